The van der Waals surface area contributed by atoms with E-state index in [1.807, 2.05) is 7.05 Å². The molecule has 0 aromatic heterocycles. The van der Waals surface area contributed by atoms with Crippen molar-refractivity contribution in [3.63, 3.8) is 0 Å². The van der Waals surface area contributed by atoms with Crippen LogP contribution >= 0.6 is 0 Å². The molecule has 0 aliphatic carbocycles. The number of nitrogens with zero attached hydrogens (tertiary/aromatic N) is 2. The average molecular weight is 227 g/mol. The highest BCUT2D eigenvalue weighted by Gasteiger charge is 2.30. The summed E-state index contributed by atoms with van der Waals surface area (Å²) in [6, 6.07) is 0.761. The van der Waals surface area contributed by atoms with E-state index in [4.69, 9.17) is 0 Å². The van der Waals surface area contributed by atoms with Crippen LogP contribution in [0.2, 0.25) is 0 Å². The molecule has 1 fully saturated rings. The van der Waals surface area contributed by atoms with Crippen molar-refractivity contribution in [3.8, 4) is 0 Å². The molecule has 0 spiro atoms. The summed E-state index contributed by atoms with van der Waals surface area (Å²) in [6.45, 7) is 7.38. The number of hydrogen-bond acceptors (Lipinski definition) is 3. The first-order valence-corrected chi connectivity index (χ1v) is 6.68. The number of nitrogens with one attached hydrogen (secondary N) is 1. The summed E-state index contributed by atoms with van der Waals surface area (Å²) < 4.78 is 0. The molecule has 0 aromatic carbocycles. The van der Waals surface area contributed by atoms with E-state index in [9.17, 15) is 0 Å². The summed E-state index contributed by atoms with van der Waals surface area (Å²) in [7, 11) is 6.44. The van der Waals surface area contributed by atoms with Crippen LogP contribution in [0.4, 0.5) is 0 Å². The van der Waals surface area contributed by atoms with Crippen LogP contribution in [0.25, 0.3) is 0 Å². The van der Waals surface area contributed by atoms with E-state index in [1.165, 1.54) is 38.9 Å². The first kappa shape index (κ1) is 13.9. The highest BCUT2D eigenvalue weighted by atomic mass is 15.2. The first-order chi connectivity index (χ1) is 7.65. The van der Waals surface area contributed by atoms with Gasteiger partial charge in [0.05, 0.1) is 0 Å². The topological polar surface area (TPSA) is 18.5 Å². The summed E-state index contributed by atoms with van der Waals surface area (Å²) >= 11 is 0. The van der Waals surface area contributed by atoms with E-state index in [0.717, 1.165) is 18.5 Å². The van der Waals surface area contributed by atoms with Gasteiger partial charge in [0.15, 0.2) is 0 Å². The third-order valence-corrected chi connectivity index (χ3v) is 3.71. The molecule has 1 aliphatic heterocycles. The SMILES string of the molecule is CNCCCCCN1CC(C)C(N(C)C)C1. The lowest BCUT2D eigenvalue weighted by Gasteiger charge is -2.22. The van der Waals surface area contributed by atoms with Gasteiger partial charge in [-0.25, -0.2) is 0 Å². The monoisotopic (exact) mass is 227 g/mol. The molecular formula is C13H29N3. The van der Waals surface area contributed by atoms with Gasteiger partial charge in [-0.15, -0.1) is 0 Å². The summed E-state index contributed by atoms with van der Waals surface area (Å²) in [5.74, 6) is 0.826. The molecule has 1 rings (SSSR count). The molecule has 1 aliphatic rings. The zero-order chi connectivity index (χ0) is 12.0. The molecule has 3 nitrogen and oxygen atoms in total. The van der Waals surface area contributed by atoms with E-state index in [2.05, 4.69) is 36.1 Å². The molecule has 3 heteroatoms. The maximum Gasteiger partial charge on any atom is 0.0254 e. The molecule has 16 heavy (non-hydrogen) atoms. The van der Waals surface area contributed by atoms with Gasteiger partial charge in [-0.3, -0.25) is 0 Å². The normalized spacial score (nSPS) is 26.8. The fourth-order valence-electron chi connectivity index (χ4n) is 2.72. The van der Waals surface area contributed by atoms with Gasteiger partial charge in [-0.05, 0) is 53.0 Å². The summed E-state index contributed by atoms with van der Waals surface area (Å²) in [5.41, 5.74) is 0. The Morgan fingerprint density at radius 1 is 1.19 bits per heavy atom. The van der Waals surface area contributed by atoms with E-state index >= 15 is 0 Å². The Labute approximate surface area is 101 Å². The van der Waals surface area contributed by atoms with Gasteiger partial charge in [0.1, 0.15) is 0 Å². The van der Waals surface area contributed by atoms with Crippen molar-refractivity contribution < 1.29 is 0 Å². The Balaban J connectivity index is 2.11. The molecule has 1 heterocycles. The molecule has 1 N–H and O–H groups in total. The van der Waals surface area contributed by atoms with Crippen molar-refractivity contribution in [1.82, 2.24) is 15.1 Å². The van der Waals surface area contributed by atoms with E-state index in [1.54, 1.807) is 0 Å². The second kappa shape index (κ2) is 7.25. The van der Waals surface area contributed by atoms with Crippen molar-refractivity contribution in [1.29, 1.82) is 0 Å². The predicted octanol–water partition coefficient (Wildman–Crippen LogP) is 1.26. The van der Waals surface area contributed by atoms with Crippen LogP contribution in [0.1, 0.15) is 26.2 Å². The van der Waals surface area contributed by atoms with Gasteiger partial charge in [-0.1, -0.05) is 13.3 Å². The molecule has 0 amide bonds. The van der Waals surface area contributed by atoms with E-state index < -0.39 is 0 Å². The van der Waals surface area contributed by atoms with Gasteiger partial charge in [0.25, 0.3) is 0 Å². The highest BCUT2D eigenvalue weighted by molar-refractivity contribution is 4.86. The number of likely N-dealkylation sites (N-methyl/N-ethyl adjacent to an activating group) is 1. The van der Waals surface area contributed by atoms with Crippen molar-refractivity contribution in [2.75, 3.05) is 47.3 Å². The van der Waals surface area contributed by atoms with Crippen LogP contribution in [0.15, 0.2) is 0 Å². The van der Waals surface area contributed by atoms with Gasteiger partial charge >= 0.3 is 0 Å². The van der Waals surface area contributed by atoms with Crippen molar-refractivity contribution in [3.05, 3.63) is 0 Å². The zero-order valence-corrected chi connectivity index (χ0v) is 11.5. The molecule has 1 saturated heterocycles. The fourth-order valence-corrected chi connectivity index (χ4v) is 2.72. The number of likely N-dealkylation sites (tertiary alicyclic amines) is 1. The van der Waals surface area contributed by atoms with Crippen molar-refractivity contribution in [2.24, 2.45) is 5.92 Å². The maximum absolute atomic E-state index is 3.20. The summed E-state index contributed by atoms with van der Waals surface area (Å²) in [4.78, 5) is 5.01. The van der Waals surface area contributed by atoms with Crippen molar-refractivity contribution in [2.45, 2.75) is 32.2 Å². The Morgan fingerprint density at radius 3 is 2.50 bits per heavy atom. The second-order valence-corrected chi connectivity index (χ2v) is 5.43. The van der Waals surface area contributed by atoms with Crippen LogP contribution < -0.4 is 5.32 Å². The minimum Gasteiger partial charge on any atom is -0.320 e. The molecule has 2 unspecified atom stereocenters. The lowest BCUT2D eigenvalue weighted by Crippen LogP contribution is -2.34. The Morgan fingerprint density at radius 2 is 1.94 bits per heavy atom. The quantitative estimate of drug-likeness (QED) is 0.661. The van der Waals surface area contributed by atoms with Gasteiger partial charge in [-0.2, -0.15) is 0 Å². The third kappa shape index (κ3) is 4.40. The second-order valence-electron chi connectivity index (χ2n) is 5.43. The van der Waals surface area contributed by atoms with Crippen molar-refractivity contribution >= 4 is 0 Å². The Hall–Kier alpha value is -0.120. The lowest BCUT2D eigenvalue weighted by atomic mass is 10.1. The minimum absolute atomic E-state index is 0.761. The molecule has 0 saturated carbocycles. The van der Waals surface area contributed by atoms with Crippen LogP contribution in [0.5, 0.6) is 0 Å². The summed E-state index contributed by atoms with van der Waals surface area (Å²) in [6.07, 6.45) is 4.03. The fraction of sp³-hybridized carbons (Fsp3) is 1.00. The third-order valence-electron chi connectivity index (χ3n) is 3.71. The standard InChI is InChI=1S/C13H29N3/c1-12-10-16(11-13(12)15(3)4)9-7-5-6-8-14-2/h12-14H,5-11H2,1-4H3. The van der Waals surface area contributed by atoms with Gasteiger partial charge < -0.3 is 15.1 Å². The molecule has 96 valence electrons. The predicted molar refractivity (Wildman–Crippen MR) is 70.9 cm³/mol. The highest BCUT2D eigenvalue weighted by Crippen LogP contribution is 2.20. The van der Waals surface area contributed by atoms with Crippen LogP contribution in [0, 0.1) is 5.92 Å². The number of unbranched alkanes of at least 4 members (excludes halogenated alkanes) is 2. The van der Waals surface area contributed by atoms with Gasteiger partial charge in [0.2, 0.25) is 0 Å². The minimum atomic E-state index is 0.761. The van der Waals surface area contributed by atoms with Gasteiger partial charge in [0, 0.05) is 19.1 Å². The molecule has 2 atom stereocenters. The molecule has 0 radical (unpaired) electrons. The average Bonchev–Trinajstić information content (AvgIpc) is 2.59. The lowest BCUT2D eigenvalue weighted by molar-refractivity contribution is 0.251. The zero-order valence-electron chi connectivity index (χ0n) is 11.5. The Kier molecular flexibility index (Phi) is 6.32. The smallest absolute Gasteiger partial charge is 0.0254 e. The maximum atomic E-state index is 3.20. The molecular weight excluding hydrogens is 198 g/mol. The first-order valence-electron chi connectivity index (χ1n) is 6.68. The van der Waals surface area contributed by atoms with Crippen LogP contribution in [0.3, 0.4) is 0 Å². The Bertz CT molecular complexity index is 182. The van der Waals surface area contributed by atoms with Crippen LogP contribution in [-0.2, 0) is 0 Å². The molecule has 0 aromatic rings. The number of rotatable bonds is 7. The van der Waals surface area contributed by atoms with E-state index in [0.29, 0.717) is 0 Å². The largest absolute Gasteiger partial charge is 0.320 e. The van der Waals surface area contributed by atoms with E-state index in [-0.39, 0.29) is 0 Å². The van der Waals surface area contributed by atoms with Crippen LogP contribution in [-0.4, -0.2) is 63.2 Å². The summed E-state index contributed by atoms with van der Waals surface area (Å²) in [5, 5.41) is 3.20. The number of hydrogen-bond donors (Lipinski definition) is 1. The molecule has 0 bridgehead atoms.